The minimum atomic E-state index is -0.242. The van der Waals surface area contributed by atoms with Crippen molar-refractivity contribution in [3.63, 3.8) is 0 Å². The molecule has 0 aliphatic carbocycles. The lowest BCUT2D eigenvalue weighted by Gasteiger charge is -2.13. The highest BCUT2D eigenvalue weighted by Gasteiger charge is 2.07. The fourth-order valence-electron chi connectivity index (χ4n) is 2.01. The Morgan fingerprint density at radius 1 is 1.10 bits per heavy atom. The molecule has 2 aromatic rings. The van der Waals surface area contributed by atoms with E-state index in [1.54, 1.807) is 18.2 Å². The first-order valence-electron chi connectivity index (χ1n) is 6.86. The zero-order chi connectivity index (χ0) is 14.4. The molecule has 0 saturated carbocycles. The Morgan fingerprint density at radius 2 is 1.80 bits per heavy atom. The monoisotopic (exact) mass is 273 g/mol. The van der Waals surface area contributed by atoms with Crippen molar-refractivity contribution in [2.75, 3.05) is 6.61 Å². The largest absolute Gasteiger partial charge is 0.375 e. The molecule has 0 aliphatic heterocycles. The van der Waals surface area contributed by atoms with E-state index in [9.17, 15) is 4.39 Å². The van der Waals surface area contributed by atoms with Crippen molar-refractivity contribution in [3.8, 4) is 0 Å². The van der Waals surface area contributed by atoms with E-state index in [1.165, 1.54) is 11.6 Å². The van der Waals surface area contributed by atoms with Crippen LogP contribution in [0, 0.1) is 5.82 Å². The first-order valence-corrected chi connectivity index (χ1v) is 6.86. The molecule has 0 bridgehead atoms. The quantitative estimate of drug-likeness (QED) is 0.872. The molecule has 0 heterocycles. The Labute approximate surface area is 119 Å². The molecule has 0 aliphatic rings. The van der Waals surface area contributed by atoms with Gasteiger partial charge in [0.1, 0.15) is 5.82 Å². The molecule has 106 valence electrons. The Morgan fingerprint density at radius 3 is 2.45 bits per heavy atom. The zero-order valence-electron chi connectivity index (χ0n) is 11.7. The van der Waals surface area contributed by atoms with E-state index in [1.807, 2.05) is 12.1 Å². The summed E-state index contributed by atoms with van der Waals surface area (Å²) < 4.78 is 18.9. The van der Waals surface area contributed by atoms with E-state index in [0.717, 1.165) is 12.0 Å². The predicted octanol–water partition coefficient (Wildman–Crippen LogP) is 3.60. The van der Waals surface area contributed by atoms with Gasteiger partial charge in [-0.15, -0.1) is 0 Å². The Balaban J connectivity index is 1.85. The summed E-state index contributed by atoms with van der Waals surface area (Å²) in [5.41, 5.74) is 8.95. The van der Waals surface area contributed by atoms with Crippen molar-refractivity contribution in [3.05, 3.63) is 71.0 Å². The number of hydrogen-bond acceptors (Lipinski definition) is 2. The van der Waals surface area contributed by atoms with Crippen LogP contribution in [0.5, 0.6) is 0 Å². The summed E-state index contributed by atoms with van der Waals surface area (Å²) in [7, 11) is 0. The van der Waals surface area contributed by atoms with Gasteiger partial charge in [0.15, 0.2) is 0 Å². The van der Waals surface area contributed by atoms with E-state index < -0.39 is 0 Å². The molecule has 2 aromatic carbocycles. The van der Waals surface area contributed by atoms with Crippen molar-refractivity contribution in [2.45, 2.75) is 26.0 Å². The second-order valence-electron chi connectivity index (χ2n) is 4.81. The number of halogens is 1. The maximum absolute atomic E-state index is 13.4. The van der Waals surface area contributed by atoms with Gasteiger partial charge in [0.05, 0.1) is 19.3 Å². The van der Waals surface area contributed by atoms with Gasteiger partial charge in [0.25, 0.3) is 0 Å². The van der Waals surface area contributed by atoms with Crippen LogP contribution in [-0.2, 0) is 17.8 Å². The molecule has 1 atom stereocenters. The fraction of sp³-hybridized carbons (Fsp3) is 0.294. The average Bonchev–Trinajstić information content (AvgIpc) is 2.49. The first-order chi connectivity index (χ1) is 9.70. The van der Waals surface area contributed by atoms with Gasteiger partial charge < -0.3 is 10.5 Å². The summed E-state index contributed by atoms with van der Waals surface area (Å²) in [6.07, 6.45) is 1.01. The van der Waals surface area contributed by atoms with Crippen molar-refractivity contribution in [1.82, 2.24) is 0 Å². The Bertz CT molecular complexity index is 539. The molecule has 2 N–H and O–H groups in total. The minimum absolute atomic E-state index is 0.187. The highest BCUT2D eigenvalue weighted by Crippen LogP contribution is 2.14. The Kier molecular flexibility index (Phi) is 5.27. The number of benzene rings is 2. The van der Waals surface area contributed by atoms with Gasteiger partial charge in [-0.3, -0.25) is 0 Å². The van der Waals surface area contributed by atoms with Crippen LogP contribution in [-0.4, -0.2) is 6.61 Å². The molecule has 0 spiro atoms. The second-order valence-corrected chi connectivity index (χ2v) is 4.81. The van der Waals surface area contributed by atoms with Gasteiger partial charge in [0, 0.05) is 5.56 Å². The maximum Gasteiger partial charge on any atom is 0.128 e. The summed E-state index contributed by atoms with van der Waals surface area (Å²) in [4.78, 5) is 0. The van der Waals surface area contributed by atoms with E-state index >= 15 is 0 Å². The molecule has 0 saturated heterocycles. The molecule has 0 fully saturated rings. The van der Waals surface area contributed by atoms with Gasteiger partial charge in [-0.05, 0) is 23.6 Å². The maximum atomic E-state index is 13.4. The molecule has 2 nitrogen and oxygen atoms in total. The third-order valence-electron chi connectivity index (χ3n) is 3.33. The van der Waals surface area contributed by atoms with Crippen molar-refractivity contribution < 1.29 is 9.13 Å². The molecule has 20 heavy (non-hydrogen) atoms. The van der Waals surface area contributed by atoms with Crippen LogP contribution in [0.4, 0.5) is 4.39 Å². The van der Waals surface area contributed by atoms with Gasteiger partial charge in [-0.2, -0.15) is 0 Å². The Hall–Kier alpha value is -1.71. The van der Waals surface area contributed by atoms with Crippen LogP contribution >= 0.6 is 0 Å². The highest BCUT2D eigenvalue weighted by molar-refractivity contribution is 5.24. The third kappa shape index (κ3) is 3.89. The number of hydrogen-bond donors (Lipinski definition) is 1. The van der Waals surface area contributed by atoms with Crippen LogP contribution in [0.1, 0.15) is 29.7 Å². The van der Waals surface area contributed by atoms with Crippen LogP contribution in [0.3, 0.4) is 0 Å². The van der Waals surface area contributed by atoms with Gasteiger partial charge in [-0.25, -0.2) is 4.39 Å². The van der Waals surface area contributed by atoms with E-state index in [2.05, 4.69) is 19.1 Å². The number of ether oxygens (including phenoxy) is 1. The normalized spacial score (nSPS) is 12.3. The number of rotatable bonds is 6. The van der Waals surface area contributed by atoms with E-state index in [4.69, 9.17) is 10.5 Å². The summed E-state index contributed by atoms with van der Waals surface area (Å²) in [5, 5.41) is 0. The lowest BCUT2D eigenvalue weighted by Crippen LogP contribution is -2.17. The molecule has 2 rings (SSSR count). The van der Waals surface area contributed by atoms with Crippen LogP contribution < -0.4 is 5.73 Å². The van der Waals surface area contributed by atoms with Crippen LogP contribution in [0.25, 0.3) is 0 Å². The van der Waals surface area contributed by atoms with Gasteiger partial charge in [-0.1, -0.05) is 49.4 Å². The topological polar surface area (TPSA) is 35.2 Å². The van der Waals surface area contributed by atoms with Crippen molar-refractivity contribution >= 4 is 0 Å². The van der Waals surface area contributed by atoms with Crippen molar-refractivity contribution in [2.24, 2.45) is 5.73 Å². The van der Waals surface area contributed by atoms with Gasteiger partial charge in [0.2, 0.25) is 0 Å². The first kappa shape index (κ1) is 14.7. The van der Waals surface area contributed by atoms with Crippen LogP contribution in [0.2, 0.25) is 0 Å². The van der Waals surface area contributed by atoms with Crippen LogP contribution in [0.15, 0.2) is 48.5 Å². The number of aryl methyl sites for hydroxylation is 1. The highest BCUT2D eigenvalue weighted by atomic mass is 19.1. The molecule has 0 aromatic heterocycles. The number of nitrogens with two attached hydrogens (primary N) is 1. The predicted molar refractivity (Wildman–Crippen MR) is 78.8 cm³/mol. The minimum Gasteiger partial charge on any atom is -0.375 e. The SMILES string of the molecule is CCc1ccc(C(N)COCc2ccccc2F)cc1. The fourth-order valence-corrected chi connectivity index (χ4v) is 2.01. The van der Waals surface area contributed by atoms with Gasteiger partial charge >= 0.3 is 0 Å². The van der Waals surface area contributed by atoms with E-state index in [-0.39, 0.29) is 18.5 Å². The molecule has 0 radical (unpaired) electrons. The standard InChI is InChI=1S/C17H20FNO/c1-2-13-7-9-14(10-8-13)17(19)12-20-11-15-5-3-4-6-16(15)18/h3-10,17H,2,11-12,19H2,1H3. The van der Waals surface area contributed by atoms with Crippen molar-refractivity contribution in [1.29, 1.82) is 0 Å². The summed E-state index contributed by atoms with van der Waals surface area (Å²) in [5.74, 6) is -0.242. The lowest BCUT2D eigenvalue weighted by molar-refractivity contribution is 0.106. The molecule has 0 amide bonds. The third-order valence-corrected chi connectivity index (χ3v) is 3.33. The lowest BCUT2D eigenvalue weighted by atomic mass is 10.1. The molecule has 1 unspecified atom stereocenters. The molecular weight excluding hydrogens is 253 g/mol. The summed E-state index contributed by atoms with van der Waals surface area (Å²) >= 11 is 0. The second kappa shape index (κ2) is 7.17. The summed E-state index contributed by atoms with van der Waals surface area (Å²) in [6, 6.07) is 14.6. The average molecular weight is 273 g/mol. The summed E-state index contributed by atoms with van der Waals surface area (Å²) in [6.45, 7) is 2.74. The van der Waals surface area contributed by atoms with E-state index in [0.29, 0.717) is 12.2 Å². The molecular formula is C17H20FNO. The molecule has 3 heteroatoms. The zero-order valence-corrected chi connectivity index (χ0v) is 11.7. The smallest absolute Gasteiger partial charge is 0.128 e.